The number of aliphatic hydroxyl groups is 1. The molecule has 1 aliphatic carbocycles. The van der Waals surface area contributed by atoms with E-state index in [4.69, 9.17) is 0 Å². The van der Waals surface area contributed by atoms with Gasteiger partial charge in [-0.3, -0.25) is 9.79 Å². The lowest BCUT2D eigenvalue weighted by Crippen LogP contribution is -2.33. The van der Waals surface area contributed by atoms with Crippen LogP contribution < -0.4 is 5.32 Å². The Morgan fingerprint density at radius 1 is 1.42 bits per heavy atom. The molecular weight excluding hydrogens is 358 g/mol. The number of amides is 1. The van der Waals surface area contributed by atoms with E-state index in [-0.39, 0.29) is 12.0 Å². The van der Waals surface area contributed by atoms with E-state index in [2.05, 4.69) is 23.0 Å². The highest BCUT2D eigenvalue weighted by Gasteiger charge is 2.27. The highest BCUT2D eigenvalue weighted by Crippen LogP contribution is 2.29. The Balaban J connectivity index is 1.68. The molecule has 7 heteroatoms. The number of allylic oxidation sites excluding steroid dienone is 3. The van der Waals surface area contributed by atoms with Crippen molar-refractivity contribution in [3.05, 3.63) is 71.4 Å². The van der Waals surface area contributed by atoms with Crippen LogP contribution in [0, 0.1) is 17.6 Å². The van der Waals surface area contributed by atoms with Gasteiger partial charge in [0.1, 0.15) is 0 Å². The summed E-state index contributed by atoms with van der Waals surface area (Å²) in [6, 6.07) is 3.22. The third-order valence-corrected chi connectivity index (χ3v) is 5.27. The van der Waals surface area contributed by atoms with Crippen LogP contribution in [0.3, 0.4) is 0 Å². The Morgan fingerprint density at radius 2 is 2.19 bits per heavy atom. The first-order valence-corrected chi connectivity index (χ1v) is 9.07. The number of thioether (sulfide) groups is 1. The first-order chi connectivity index (χ1) is 12.4. The smallest absolute Gasteiger partial charge is 0.259 e. The largest absolute Gasteiger partial charge is 0.378 e. The van der Waals surface area contributed by atoms with Crippen LogP contribution in [0.25, 0.3) is 0 Å². The lowest BCUT2D eigenvalue weighted by molar-refractivity contribution is -0.128. The highest BCUT2D eigenvalue weighted by atomic mass is 32.2. The van der Waals surface area contributed by atoms with Gasteiger partial charge in [-0.05, 0) is 23.1 Å². The fourth-order valence-electron chi connectivity index (χ4n) is 2.69. The topological polar surface area (TPSA) is 61.7 Å². The van der Waals surface area contributed by atoms with Crippen molar-refractivity contribution < 1.29 is 18.7 Å². The van der Waals surface area contributed by atoms with E-state index in [1.165, 1.54) is 23.9 Å². The summed E-state index contributed by atoms with van der Waals surface area (Å²) in [6.07, 6.45) is 4.18. The normalized spacial score (nSPS) is 23.5. The van der Waals surface area contributed by atoms with Gasteiger partial charge in [-0.25, -0.2) is 8.78 Å². The van der Waals surface area contributed by atoms with E-state index in [0.717, 1.165) is 17.2 Å². The maximum Gasteiger partial charge on any atom is 0.259 e. The van der Waals surface area contributed by atoms with Crippen molar-refractivity contribution in [3.63, 3.8) is 0 Å². The molecule has 3 atom stereocenters. The second kappa shape index (κ2) is 7.55. The molecule has 1 heterocycles. The van der Waals surface area contributed by atoms with Gasteiger partial charge in [0.15, 0.2) is 22.9 Å². The van der Waals surface area contributed by atoms with E-state index >= 15 is 0 Å². The van der Waals surface area contributed by atoms with Gasteiger partial charge in [-0.15, -0.1) is 0 Å². The molecule has 1 aromatic rings. The Morgan fingerprint density at radius 3 is 2.92 bits per heavy atom. The van der Waals surface area contributed by atoms with Gasteiger partial charge in [-0.2, -0.15) is 0 Å². The molecular formula is C19H18F2N2O2S. The van der Waals surface area contributed by atoms with Crippen LogP contribution in [0.5, 0.6) is 0 Å². The van der Waals surface area contributed by atoms with E-state index in [9.17, 15) is 18.7 Å². The number of nitrogens with zero attached hydrogens (tertiary/aromatic N) is 1. The monoisotopic (exact) mass is 376 g/mol. The lowest BCUT2D eigenvalue weighted by Gasteiger charge is -2.17. The van der Waals surface area contributed by atoms with Crippen LogP contribution >= 0.6 is 11.8 Å². The average molecular weight is 376 g/mol. The zero-order valence-electron chi connectivity index (χ0n) is 14.1. The summed E-state index contributed by atoms with van der Waals surface area (Å²) in [5.74, 6) is -2.33. The molecule has 26 heavy (non-hydrogen) atoms. The van der Waals surface area contributed by atoms with Gasteiger partial charge < -0.3 is 10.4 Å². The average Bonchev–Trinajstić information content (AvgIpc) is 3.07. The van der Waals surface area contributed by atoms with Crippen LogP contribution in [0.2, 0.25) is 0 Å². The predicted octanol–water partition coefficient (Wildman–Crippen LogP) is 3.27. The third-order valence-electron chi connectivity index (χ3n) is 4.31. The first kappa shape index (κ1) is 18.5. The molecule has 1 aromatic carbocycles. The van der Waals surface area contributed by atoms with Crippen molar-refractivity contribution >= 4 is 22.8 Å². The number of benzene rings is 1. The maximum absolute atomic E-state index is 13.7. The highest BCUT2D eigenvalue weighted by molar-refractivity contribution is 8.14. The molecule has 2 aliphatic rings. The molecule has 0 fully saturated rings. The summed E-state index contributed by atoms with van der Waals surface area (Å²) in [4.78, 5) is 16.6. The van der Waals surface area contributed by atoms with E-state index in [1.54, 1.807) is 0 Å². The van der Waals surface area contributed by atoms with Crippen LogP contribution in [-0.4, -0.2) is 28.0 Å². The molecule has 0 spiro atoms. The van der Waals surface area contributed by atoms with Gasteiger partial charge in [0.2, 0.25) is 0 Å². The fourth-order valence-corrected chi connectivity index (χ4v) is 3.65. The molecule has 0 radical (unpaired) electrons. The van der Waals surface area contributed by atoms with Gasteiger partial charge >= 0.3 is 0 Å². The number of aliphatic hydroxyl groups excluding tert-OH is 1. The number of carbonyl (C=O) groups excluding carboxylic acids is 1. The molecule has 0 saturated heterocycles. The zero-order valence-corrected chi connectivity index (χ0v) is 14.9. The van der Waals surface area contributed by atoms with Gasteiger partial charge in [0, 0.05) is 11.3 Å². The molecule has 136 valence electrons. The zero-order chi connectivity index (χ0) is 18.8. The number of amidine groups is 1. The second-order valence-electron chi connectivity index (χ2n) is 6.16. The molecule has 2 unspecified atom stereocenters. The molecule has 3 rings (SSSR count). The molecule has 4 nitrogen and oxygen atoms in total. The van der Waals surface area contributed by atoms with Crippen molar-refractivity contribution in [1.82, 2.24) is 5.32 Å². The molecule has 0 bridgehead atoms. The minimum Gasteiger partial charge on any atom is -0.378 e. The Hall–Kier alpha value is -2.25. The number of aliphatic imine (C=N–C) groups is 1. The quantitative estimate of drug-likeness (QED) is 0.851. The third kappa shape index (κ3) is 3.78. The Labute approximate surface area is 154 Å². The number of hydrogen-bond donors (Lipinski definition) is 2. The Bertz CT molecular complexity index is 848. The summed E-state index contributed by atoms with van der Waals surface area (Å²) >= 11 is 1.34. The molecule has 0 saturated carbocycles. The van der Waals surface area contributed by atoms with Crippen LogP contribution in [-0.2, 0) is 4.79 Å². The summed E-state index contributed by atoms with van der Waals surface area (Å²) in [7, 11) is 0. The first-order valence-electron chi connectivity index (χ1n) is 8.09. The standard InChI is InChI=1S/C19H18F2N2O2S/c1-10-6-7-12(8-11(10)2)15-9-26-19(22-15)23-18(25)17(24)13-4-3-5-14(20)16(13)21/h3-8,11,15,17,24H,1,9H2,2H3,(H,22,23,25)/t11-,15?,17?/m1/s1. The summed E-state index contributed by atoms with van der Waals surface area (Å²) in [5, 5.41) is 12.8. The van der Waals surface area contributed by atoms with E-state index in [0.29, 0.717) is 10.9 Å². The number of carbonyl (C=O) groups is 1. The number of hydrogen-bond acceptors (Lipinski definition) is 4. The minimum absolute atomic E-state index is 0.106. The van der Waals surface area contributed by atoms with Crippen molar-refractivity contribution in [2.75, 3.05) is 5.75 Å². The number of rotatable bonds is 3. The summed E-state index contributed by atoms with van der Waals surface area (Å²) < 4.78 is 27.0. The Kier molecular flexibility index (Phi) is 5.38. The fraction of sp³-hybridized carbons (Fsp3) is 0.263. The van der Waals surface area contributed by atoms with Crippen molar-refractivity contribution in [3.8, 4) is 0 Å². The molecule has 2 N–H and O–H groups in total. The van der Waals surface area contributed by atoms with E-state index in [1.807, 2.05) is 19.1 Å². The maximum atomic E-state index is 13.7. The van der Waals surface area contributed by atoms with E-state index < -0.39 is 29.2 Å². The predicted molar refractivity (Wildman–Crippen MR) is 98.7 cm³/mol. The van der Waals surface area contributed by atoms with Gasteiger partial charge in [0.25, 0.3) is 5.91 Å². The van der Waals surface area contributed by atoms with Crippen LogP contribution in [0.1, 0.15) is 18.6 Å². The SMILES string of the molecule is C=C1C=CC(C2CSC(NC(=O)C(O)c3cccc(F)c3F)=N2)=C[C@H]1C. The molecule has 1 aliphatic heterocycles. The van der Waals surface area contributed by atoms with Crippen LogP contribution in [0.4, 0.5) is 8.78 Å². The van der Waals surface area contributed by atoms with Crippen molar-refractivity contribution in [1.29, 1.82) is 0 Å². The van der Waals surface area contributed by atoms with Crippen LogP contribution in [0.15, 0.2) is 59.1 Å². The molecule has 0 aromatic heterocycles. The lowest BCUT2D eigenvalue weighted by atomic mass is 9.91. The second-order valence-corrected chi connectivity index (χ2v) is 7.17. The van der Waals surface area contributed by atoms with Gasteiger partial charge in [-0.1, -0.05) is 55.6 Å². The van der Waals surface area contributed by atoms with Gasteiger partial charge in [0.05, 0.1) is 6.04 Å². The number of halogens is 2. The minimum atomic E-state index is -1.81. The van der Waals surface area contributed by atoms with Crippen molar-refractivity contribution in [2.45, 2.75) is 19.1 Å². The molecule has 1 amide bonds. The summed E-state index contributed by atoms with van der Waals surface area (Å²) in [5.41, 5.74) is 1.66. The number of nitrogens with one attached hydrogen (secondary N) is 1. The van der Waals surface area contributed by atoms with Crippen molar-refractivity contribution in [2.24, 2.45) is 10.9 Å². The summed E-state index contributed by atoms with van der Waals surface area (Å²) in [6.45, 7) is 6.00.